The van der Waals surface area contributed by atoms with Gasteiger partial charge in [0.1, 0.15) is 6.54 Å². The molecule has 0 unspecified atom stereocenters. The van der Waals surface area contributed by atoms with E-state index in [2.05, 4.69) is 5.32 Å². The van der Waals surface area contributed by atoms with Crippen molar-refractivity contribution in [3.8, 4) is 0 Å². The van der Waals surface area contributed by atoms with Crippen molar-refractivity contribution in [1.29, 1.82) is 0 Å². The summed E-state index contributed by atoms with van der Waals surface area (Å²) in [6.07, 6.45) is 0. The van der Waals surface area contributed by atoms with E-state index in [0.29, 0.717) is 29.4 Å². The van der Waals surface area contributed by atoms with Crippen LogP contribution in [0.5, 0.6) is 0 Å². The SMILES string of the molecule is NS(=O)(=O)c1ccc(CNC(=O)CN2CCN(c3cccc(Cl)c3)C2=O)cc1. The number of urea groups is 1. The van der Waals surface area contributed by atoms with Gasteiger partial charge in [-0.25, -0.2) is 18.4 Å². The van der Waals surface area contributed by atoms with E-state index in [4.69, 9.17) is 16.7 Å². The molecular formula is C18H19ClN4O4S. The first-order chi connectivity index (χ1) is 13.2. The number of carbonyl (C=O) groups is 2. The molecule has 3 amide bonds. The van der Waals surface area contributed by atoms with Crippen LogP contribution < -0.4 is 15.4 Å². The predicted molar refractivity (Wildman–Crippen MR) is 105 cm³/mol. The second-order valence-corrected chi connectivity index (χ2v) is 8.30. The first kappa shape index (κ1) is 20.1. The molecule has 148 valence electrons. The van der Waals surface area contributed by atoms with E-state index >= 15 is 0 Å². The van der Waals surface area contributed by atoms with E-state index in [9.17, 15) is 18.0 Å². The van der Waals surface area contributed by atoms with Crippen LogP contribution in [0, 0.1) is 0 Å². The first-order valence-corrected chi connectivity index (χ1v) is 10.4. The van der Waals surface area contributed by atoms with Crippen LogP contribution in [0.15, 0.2) is 53.4 Å². The maximum atomic E-state index is 12.5. The lowest BCUT2D eigenvalue weighted by Gasteiger charge is -2.18. The molecule has 1 saturated heterocycles. The Bertz CT molecular complexity index is 995. The Kier molecular flexibility index (Phi) is 5.87. The molecule has 1 fully saturated rings. The molecule has 1 aliphatic rings. The molecule has 2 aromatic rings. The van der Waals surface area contributed by atoms with Crippen molar-refractivity contribution in [2.45, 2.75) is 11.4 Å². The minimum Gasteiger partial charge on any atom is -0.350 e. The predicted octanol–water partition coefficient (Wildman–Crippen LogP) is 1.55. The summed E-state index contributed by atoms with van der Waals surface area (Å²) in [5, 5.41) is 8.30. The smallest absolute Gasteiger partial charge is 0.325 e. The number of nitrogens with zero attached hydrogens (tertiary/aromatic N) is 2. The zero-order chi connectivity index (χ0) is 20.3. The summed E-state index contributed by atoms with van der Waals surface area (Å²) in [4.78, 5) is 27.7. The van der Waals surface area contributed by atoms with Crippen LogP contribution in [0.3, 0.4) is 0 Å². The monoisotopic (exact) mass is 422 g/mol. The van der Waals surface area contributed by atoms with Crippen molar-refractivity contribution in [1.82, 2.24) is 10.2 Å². The van der Waals surface area contributed by atoms with Gasteiger partial charge < -0.3 is 10.2 Å². The van der Waals surface area contributed by atoms with Crippen molar-refractivity contribution in [2.75, 3.05) is 24.5 Å². The minimum absolute atomic E-state index is 0.00588. The van der Waals surface area contributed by atoms with Gasteiger partial charge in [-0.1, -0.05) is 29.8 Å². The van der Waals surface area contributed by atoms with E-state index < -0.39 is 10.0 Å². The van der Waals surface area contributed by atoms with E-state index in [1.54, 1.807) is 41.3 Å². The van der Waals surface area contributed by atoms with Crippen molar-refractivity contribution in [2.24, 2.45) is 5.14 Å². The number of carbonyl (C=O) groups excluding carboxylic acids is 2. The van der Waals surface area contributed by atoms with E-state index in [1.807, 2.05) is 0 Å². The number of nitrogens with two attached hydrogens (primary N) is 1. The highest BCUT2D eigenvalue weighted by atomic mass is 35.5. The maximum Gasteiger partial charge on any atom is 0.325 e. The minimum atomic E-state index is -3.75. The van der Waals surface area contributed by atoms with Crippen LogP contribution in [0.2, 0.25) is 5.02 Å². The van der Waals surface area contributed by atoms with Crippen LogP contribution in [0.1, 0.15) is 5.56 Å². The first-order valence-electron chi connectivity index (χ1n) is 8.44. The van der Waals surface area contributed by atoms with Crippen LogP contribution in [-0.4, -0.2) is 44.9 Å². The third kappa shape index (κ3) is 4.80. The van der Waals surface area contributed by atoms with Crippen LogP contribution >= 0.6 is 11.6 Å². The molecule has 0 radical (unpaired) electrons. The Morgan fingerprint density at radius 1 is 1.14 bits per heavy atom. The molecule has 1 heterocycles. The second kappa shape index (κ2) is 8.17. The Labute approximate surface area is 167 Å². The Balaban J connectivity index is 1.53. The summed E-state index contributed by atoms with van der Waals surface area (Å²) < 4.78 is 22.5. The largest absolute Gasteiger partial charge is 0.350 e. The average molecular weight is 423 g/mol. The fraction of sp³-hybridized carbons (Fsp3) is 0.222. The third-order valence-corrected chi connectivity index (χ3v) is 5.46. The van der Waals surface area contributed by atoms with Crippen molar-refractivity contribution in [3.05, 3.63) is 59.1 Å². The second-order valence-electron chi connectivity index (χ2n) is 6.30. The lowest BCUT2D eigenvalue weighted by Crippen LogP contribution is -2.39. The number of hydrogen-bond donors (Lipinski definition) is 2. The highest BCUT2D eigenvalue weighted by Crippen LogP contribution is 2.23. The lowest BCUT2D eigenvalue weighted by atomic mass is 10.2. The molecule has 0 bridgehead atoms. The molecule has 0 spiro atoms. The molecule has 0 aromatic heterocycles. The summed E-state index contributed by atoms with van der Waals surface area (Å²) in [6.45, 7) is 1.05. The standard InChI is InChI=1S/C18H19ClN4O4S/c19-14-2-1-3-15(10-14)23-9-8-22(18(23)25)12-17(24)21-11-13-4-6-16(7-5-13)28(20,26)27/h1-7,10H,8-9,11-12H2,(H,21,24)(H2,20,26,27). The fourth-order valence-corrected chi connectivity index (χ4v) is 3.54. The molecule has 10 heteroatoms. The fourth-order valence-electron chi connectivity index (χ4n) is 2.84. The van der Waals surface area contributed by atoms with Crippen LogP contribution in [0.25, 0.3) is 0 Å². The Morgan fingerprint density at radius 2 is 1.86 bits per heavy atom. The highest BCUT2D eigenvalue weighted by molar-refractivity contribution is 7.89. The number of anilines is 1. The zero-order valence-corrected chi connectivity index (χ0v) is 16.4. The normalized spacial score (nSPS) is 14.4. The van der Waals surface area contributed by atoms with Crippen molar-refractivity contribution >= 4 is 39.2 Å². The molecule has 0 atom stereocenters. The summed E-state index contributed by atoms with van der Waals surface area (Å²) in [6, 6.07) is 12.6. The lowest BCUT2D eigenvalue weighted by molar-refractivity contribution is -0.121. The van der Waals surface area contributed by atoms with Gasteiger partial charge in [-0.2, -0.15) is 0 Å². The molecule has 0 saturated carbocycles. The zero-order valence-electron chi connectivity index (χ0n) is 14.8. The number of benzene rings is 2. The number of primary sulfonamides is 1. The van der Waals surface area contributed by atoms with Gasteiger partial charge in [-0.3, -0.25) is 9.69 Å². The molecule has 28 heavy (non-hydrogen) atoms. The van der Waals surface area contributed by atoms with Gasteiger partial charge in [0.25, 0.3) is 0 Å². The van der Waals surface area contributed by atoms with E-state index in [0.717, 1.165) is 0 Å². The van der Waals surface area contributed by atoms with Gasteiger partial charge >= 0.3 is 6.03 Å². The van der Waals surface area contributed by atoms with E-state index in [1.165, 1.54) is 17.0 Å². The topological polar surface area (TPSA) is 113 Å². The van der Waals surface area contributed by atoms with Gasteiger partial charge in [-0.05, 0) is 35.9 Å². The Morgan fingerprint density at radius 3 is 2.50 bits per heavy atom. The number of halogens is 1. The summed E-state index contributed by atoms with van der Waals surface area (Å²) in [7, 11) is -3.75. The van der Waals surface area contributed by atoms with Gasteiger partial charge in [0.2, 0.25) is 15.9 Å². The summed E-state index contributed by atoms with van der Waals surface area (Å²) in [5.74, 6) is -0.309. The Hall–Kier alpha value is -2.62. The molecular weight excluding hydrogens is 404 g/mol. The maximum absolute atomic E-state index is 12.5. The van der Waals surface area contributed by atoms with Crippen molar-refractivity contribution in [3.63, 3.8) is 0 Å². The van der Waals surface area contributed by atoms with Gasteiger partial charge in [0.05, 0.1) is 4.90 Å². The van der Waals surface area contributed by atoms with E-state index in [-0.39, 0.29) is 29.9 Å². The van der Waals surface area contributed by atoms with Gasteiger partial charge in [0.15, 0.2) is 0 Å². The highest BCUT2D eigenvalue weighted by Gasteiger charge is 2.30. The summed E-state index contributed by atoms with van der Waals surface area (Å²) >= 11 is 5.97. The van der Waals surface area contributed by atoms with Gasteiger partial charge in [-0.15, -0.1) is 0 Å². The number of rotatable bonds is 6. The molecule has 3 rings (SSSR count). The summed E-state index contributed by atoms with van der Waals surface area (Å²) in [5.41, 5.74) is 1.41. The molecule has 3 N–H and O–H groups in total. The number of hydrogen-bond acceptors (Lipinski definition) is 4. The third-order valence-electron chi connectivity index (χ3n) is 4.29. The molecule has 2 aromatic carbocycles. The quantitative estimate of drug-likeness (QED) is 0.735. The number of nitrogens with one attached hydrogen (secondary N) is 1. The number of sulfonamides is 1. The average Bonchev–Trinajstić information content (AvgIpc) is 3.00. The van der Waals surface area contributed by atoms with Crippen molar-refractivity contribution < 1.29 is 18.0 Å². The number of amides is 3. The van der Waals surface area contributed by atoms with Crippen LogP contribution in [0.4, 0.5) is 10.5 Å². The van der Waals surface area contributed by atoms with Crippen LogP contribution in [-0.2, 0) is 21.4 Å². The molecule has 1 aliphatic heterocycles. The molecule has 0 aliphatic carbocycles. The van der Waals surface area contributed by atoms with Gasteiger partial charge in [0, 0.05) is 30.3 Å². The molecule has 8 nitrogen and oxygen atoms in total.